The number of anilines is 3. The van der Waals surface area contributed by atoms with E-state index in [0.717, 1.165) is 22.6 Å². The highest BCUT2D eigenvalue weighted by Crippen LogP contribution is 2.63. The van der Waals surface area contributed by atoms with Gasteiger partial charge in [-0.3, -0.25) is 4.90 Å². The number of benzene rings is 10. The fraction of sp³-hybridized carbons (Fsp3) is 0.0615. The average Bonchev–Trinajstić information content (AvgIpc) is 3.72. The largest absolute Gasteiger partial charge is 0.350 e. The Morgan fingerprint density at radius 3 is 1.51 bits per heavy atom. The smallest absolute Gasteiger partial charge is 0.132 e. The van der Waals surface area contributed by atoms with Gasteiger partial charge in [0.25, 0.3) is 0 Å². The lowest BCUT2D eigenvalue weighted by Crippen LogP contribution is -2.45. The molecule has 2 heterocycles. The molecule has 3 aliphatic rings. The van der Waals surface area contributed by atoms with Gasteiger partial charge < -0.3 is 10.2 Å². The van der Waals surface area contributed by atoms with Gasteiger partial charge in [-0.05, 0) is 121 Å². The van der Waals surface area contributed by atoms with Crippen molar-refractivity contribution in [2.75, 3.05) is 11.9 Å². The Morgan fingerprint density at radius 1 is 0.377 bits per heavy atom. The summed E-state index contributed by atoms with van der Waals surface area (Å²) in [5.74, 6) is 0.890. The van der Waals surface area contributed by atoms with E-state index in [-0.39, 0.29) is 12.3 Å². The van der Waals surface area contributed by atoms with Crippen LogP contribution in [-0.2, 0) is 5.41 Å². The Labute approximate surface area is 404 Å². The summed E-state index contributed by atoms with van der Waals surface area (Å²) in [7, 11) is 2.16. The van der Waals surface area contributed by atoms with Gasteiger partial charge in [0.05, 0.1) is 16.8 Å². The number of hydrogen-bond acceptors (Lipinski definition) is 4. The molecule has 0 aromatic heterocycles. The minimum Gasteiger partial charge on any atom is -0.350 e. The van der Waals surface area contributed by atoms with E-state index in [1.54, 1.807) is 0 Å². The number of nitrogens with one attached hydrogen (secondary N) is 1. The van der Waals surface area contributed by atoms with E-state index in [0.29, 0.717) is 0 Å². The van der Waals surface area contributed by atoms with Crippen LogP contribution in [0.3, 0.4) is 0 Å². The van der Waals surface area contributed by atoms with Crippen LogP contribution in [0.2, 0.25) is 0 Å². The van der Waals surface area contributed by atoms with Crippen molar-refractivity contribution < 1.29 is 0 Å². The van der Waals surface area contributed by atoms with Gasteiger partial charge in [-0.1, -0.05) is 218 Å². The van der Waals surface area contributed by atoms with E-state index in [9.17, 15) is 0 Å². The maximum Gasteiger partial charge on any atom is 0.132 e. The molecule has 2 atom stereocenters. The Morgan fingerprint density at radius 2 is 0.841 bits per heavy atom. The number of rotatable bonds is 7. The summed E-state index contributed by atoms with van der Waals surface area (Å²) in [6.07, 6.45) is -0.271. The molecule has 1 aliphatic carbocycles. The van der Waals surface area contributed by atoms with E-state index in [2.05, 4.69) is 277 Å². The number of para-hydroxylation sites is 3. The first-order valence-electron chi connectivity index (χ1n) is 23.9. The van der Waals surface area contributed by atoms with Crippen molar-refractivity contribution in [2.24, 2.45) is 4.99 Å². The standard InChI is InChI=1S/C65H48N4/c1-68-63(48-36-32-45(33-37-48)44-18-5-2-6-19-44)66-62(47-20-7-3-8-21-47)67-64(68)49-38-34-46(35-39-49)50-22-17-23-51(42-50)52-40-41-57-55(43-52)54-26-11-12-27-56(54)65(57)58-28-13-15-30-60(58)69(53-24-9-4-10-25-53)61-31-16-14-29-59(61)65/h2-43,63-64H,1H3,(H,66,67). The van der Waals surface area contributed by atoms with Crippen LogP contribution in [0.4, 0.5) is 17.1 Å². The highest BCUT2D eigenvalue weighted by Gasteiger charge is 2.51. The Hall–Kier alpha value is -8.57. The quantitative estimate of drug-likeness (QED) is 0.173. The summed E-state index contributed by atoms with van der Waals surface area (Å²) in [6.45, 7) is 0. The normalized spacial score (nSPS) is 16.4. The second-order valence-corrected chi connectivity index (χ2v) is 18.4. The molecule has 4 heteroatoms. The van der Waals surface area contributed by atoms with E-state index in [4.69, 9.17) is 4.99 Å². The molecular formula is C65H48N4. The number of hydrogen-bond donors (Lipinski definition) is 1. The van der Waals surface area contributed by atoms with Crippen molar-refractivity contribution in [1.82, 2.24) is 10.2 Å². The Balaban J connectivity index is 0.846. The Bertz CT molecular complexity index is 3500. The molecule has 0 amide bonds. The van der Waals surface area contributed by atoms with Crippen molar-refractivity contribution in [3.63, 3.8) is 0 Å². The molecule has 1 spiro atoms. The summed E-state index contributed by atoms with van der Waals surface area (Å²) < 4.78 is 0. The first-order chi connectivity index (χ1) is 34.1. The number of aliphatic imine (C=N–C) groups is 1. The minimum absolute atomic E-state index is 0.0790. The van der Waals surface area contributed by atoms with Crippen LogP contribution >= 0.6 is 0 Å². The van der Waals surface area contributed by atoms with Gasteiger partial charge in [0.2, 0.25) is 0 Å². The van der Waals surface area contributed by atoms with Crippen LogP contribution in [0.5, 0.6) is 0 Å². The van der Waals surface area contributed by atoms with Crippen LogP contribution in [-0.4, -0.2) is 17.8 Å². The summed E-state index contributed by atoms with van der Waals surface area (Å²) >= 11 is 0. The second kappa shape index (κ2) is 16.6. The SMILES string of the molecule is CN1C(c2ccc(-c3cccc(-c4ccc5c(c4)-c4ccccc4C54c5ccccc5N(c5ccccc5)c5ccccc54)c3)cc2)N=C(c2ccccc2)NC1c1ccc(-c2ccccc2)cc1. The lowest BCUT2D eigenvalue weighted by Gasteiger charge is -2.45. The molecule has 0 saturated heterocycles. The van der Waals surface area contributed by atoms with Gasteiger partial charge in [-0.15, -0.1) is 0 Å². The number of fused-ring (bicyclic) bond motifs is 9. The van der Waals surface area contributed by atoms with Gasteiger partial charge >= 0.3 is 0 Å². The van der Waals surface area contributed by atoms with E-state index >= 15 is 0 Å². The van der Waals surface area contributed by atoms with Crippen molar-refractivity contribution in [2.45, 2.75) is 17.7 Å². The highest BCUT2D eigenvalue weighted by atomic mass is 15.4. The first-order valence-corrected chi connectivity index (χ1v) is 23.9. The van der Waals surface area contributed by atoms with E-state index in [1.165, 1.54) is 83.7 Å². The number of amidine groups is 1. The van der Waals surface area contributed by atoms with Crippen molar-refractivity contribution in [3.05, 3.63) is 294 Å². The zero-order chi connectivity index (χ0) is 45.9. The van der Waals surface area contributed by atoms with Crippen LogP contribution in [0.25, 0.3) is 44.5 Å². The van der Waals surface area contributed by atoms with Crippen LogP contribution in [0, 0.1) is 0 Å². The zero-order valence-electron chi connectivity index (χ0n) is 38.2. The molecular weight excluding hydrogens is 837 g/mol. The molecule has 10 aromatic carbocycles. The zero-order valence-corrected chi connectivity index (χ0v) is 38.2. The molecule has 1 N–H and O–H groups in total. The molecule has 328 valence electrons. The predicted molar refractivity (Wildman–Crippen MR) is 284 cm³/mol. The van der Waals surface area contributed by atoms with Gasteiger partial charge in [-0.2, -0.15) is 0 Å². The average molecular weight is 885 g/mol. The molecule has 4 nitrogen and oxygen atoms in total. The number of nitrogens with zero attached hydrogens (tertiary/aromatic N) is 3. The summed E-state index contributed by atoms with van der Waals surface area (Å²) in [4.78, 5) is 10.1. The molecule has 2 unspecified atom stereocenters. The fourth-order valence-electron chi connectivity index (χ4n) is 11.4. The van der Waals surface area contributed by atoms with Crippen molar-refractivity contribution >= 4 is 22.9 Å². The van der Waals surface area contributed by atoms with Gasteiger partial charge in [0.15, 0.2) is 0 Å². The molecule has 10 aromatic rings. The van der Waals surface area contributed by atoms with E-state index < -0.39 is 5.41 Å². The van der Waals surface area contributed by atoms with Crippen LogP contribution in [0.15, 0.2) is 260 Å². The maximum absolute atomic E-state index is 5.35. The third-order valence-corrected chi connectivity index (χ3v) is 14.6. The molecule has 0 radical (unpaired) electrons. The monoisotopic (exact) mass is 884 g/mol. The fourth-order valence-corrected chi connectivity index (χ4v) is 11.4. The molecule has 0 bridgehead atoms. The molecule has 13 rings (SSSR count). The third-order valence-electron chi connectivity index (χ3n) is 14.6. The van der Waals surface area contributed by atoms with Gasteiger partial charge in [-0.25, -0.2) is 4.99 Å². The lowest BCUT2D eigenvalue weighted by molar-refractivity contribution is 0.152. The molecule has 2 aliphatic heterocycles. The first kappa shape index (κ1) is 40.7. The summed E-state index contributed by atoms with van der Waals surface area (Å²) in [5, 5.41) is 3.78. The second-order valence-electron chi connectivity index (χ2n) is 18.4. The van der Waals surface area contributed by atoms with Gasteiger partial charge in [0, 0.05) is 11.3 Å². The van der Waals surface area contributed by atoms with E-state index in [1.807, 2.05) is 0 Å². The molecule has 0 fully saturated rings. The predicted octanol–water partition coefficient (Wildman–Crippen LogP) is 15.5. The third kappa shape index (κ3) is 6.67. The molecule has 69 heavy (non-hydrogen) atoms. The Kier molecular flexibility index (Phi) is 9.81. The topological polar surface area (TPSA) is 30.9 Å². The van der Waals surface area contributed by atoms with Gasteiger partial charge in [0.1, 0.15) is 18.2 Å². The maximum atomic E-state index is 5.35. The van der Waals surface area contributed by atoms with Crippen molar-refractivity contribution in [3.8, 4) is 44.5 Å². The minimum atomic E-state index is -0.478. The summed E-state index contributed by atoms with van der Waals surface area (Å²) in [5.41, 5.74) is 21.4. The molecule has 0 saturated carbocycles. The van der Waals surface area contributed by atoms with Crippen LogP contribution in [0.1, 0.15) is 51.3 Å². The summed E-state index contributed by atoms with van der Waals surface area (Å²) in [6, 6.07) is 93.0. The van der Waals surface area contributed by atoms with Crippen LogP contribution < -0.4 is 10.2 Å². The van der Waals surface area contributed by atoms with Crippen molar-refractivity contribution in [1.29, 1.82) is 0 Å². The lowest BCUT2D eigenvalue weighted by atomic mass is 9.64. The highest BCUT2D eigenvalue weighted by molar-refractivity contribution is 6.00.